The Labute approximate surface area is 116 Å². The van der Waals surface area contributed by atoms with Crippen molar-refractivity contribution >= 4 is 22.6 Å². The van der Waals surface area contributed by atoms with Gasteiger partial charge < -0.3 is 9.47 Å². The molecule has 100 valence electrons. The molecule has 0 amide bonds. The fraction of sp³-hybridized carbons (Fsp3) is 0.429. The molecule has 0 bridgehead atoms. The first-order valence-corrected chi connectivity index (χ1v) is 6.74. The largest absolute Gasteiger partial charge is 0.494 e. The highest BCUT2D eigenvalue weighted by molar-refractivity contribution is 6.29. The molecule has 0 unspecified atom stereocenters. The number of hydrogen-bond acceptors (Lipinski definition) is 4. The second kappa shape index (κ2) is 5.31. The maximum Gasteiger partial charge on any atom is 0.148 e. The van der Waals surface area contributed by atoms with Crippen molar-refractivity contribution in [2.45, 2.75) is 18.8 Å². The first-order valence-electron chi connectivity index (χ1n) is 6.36. The van der Waals surface area contributed by atoms with Gasteiger partial charge in [-0.3, -0.25) is 4.98 Å². The number of benzene rings is 1. The summed E-state index contributed by atoms with van der Waals surface area (Å²) in [4.78, 5) is 8.80. The third kappa shape index (κ3) is 2.38. The zero-order valence-electron chi connectivity index (χ0n) is 10.7. The molecular weight excluding hydrogens is 264 g/mol. The summed E-state index contributed by atoms with van der Waals surface area (Å²) in [5.74, 6) is 1.18. The fourth-order valence-electron chi connectivity index (χ4n) is 2.58. The number of halogens is 1. The molecule has 4 nitrogen and oxygen atoms in total. The SMILES string of the molecule is COc1ccc(C2CCOCC2)c2ncc(Cl)nc12. The van der Waals surface area contributed by atoms with E-state index in [1.807, 2.05) is 6.07 Å². The van der Waals surface area contributed by atoms with Gasteiger partial charge in [-0.25, -0.2) is 4.98 Å². The molecule has 0 atom stereocenters. The molecule has 5 heteroatoms. The Balaban J connectivity index is 2.14. The van der Waals surface area contributed by atoms with Crippen LogP contribution in [0, 0.1) is 0 Å². The Hall–Kier alpha value is -1.39. The smallest absolute Gasteiger partial charge is 0.148 e. The summed E-state index contributed by atoms with van der Waals surface area (Å²) in [6.07, 6.45) is 3.63. The van der Waals surface area contributed by atoms with Crippen molar-refractivity contribution in [2.24, 2.45) is 0 Å². The van der Waals surface area contributed by atoms with E-state index in [9.17, 15) is 0 Å². The minimum Gasteiger partial charge on any atom is -0.494 e. The van der Waals surface area contributed by atoms with Crippen LogP contribution in [0.3, 0.4) is 0 Å². The second-order valence-corrected chi connectivity index (χ2v) is 5.02. The van der Waals surface area contributed by atoms with Gasteiger partial charge in [-0.15, -0.1) is 0 Å². The van der Waals surface area contributed by atoms with E-state index in [0.29, 0.717) is 16.8 Å². The van der Waals surface area contributed by atoms with Gasteiger partial charge >= 0.3 is 0 Å². The molecule has 1 aliphatic rings. The van der Waals surface area contributed by atoms with Crippen LogP contribution in [0.1, 0.15) is 24.3 Å². The molecule has 1 aromatic carbocycles. The standard InChI is InChI=1S/C14H15ClN2O2/c1-18-11-3-2-10(9-4-6-19-7-5-9)13-14(11)17-12(15)8-16-13/h2-3,8-9H,4-7H2,1H3. The van der Waals surface area contributed by atoms with Crippen molar-refractivity contribution in [2.75, 3.05) is 20.3 Å². The molecule has 1 saturated heterocycles. The van der Waals surface area contributed by atoms with Crippen molar-refractivity contribution in [1.82, 2.24) is 9.97 Å². The van der Waals surface area contributed by atoms with E-state index in [1.165, 1.54) is 5.56 Å². The van der Waals surface area contributed by atoms with Crippen LogP contribution in [0.15, 0.2) is 18.3 Å². The van der Waals surface area contributed by atoms with Crippen molar-refractivity contribution in [1.29, 1.82) is 0 Å². The van der Waals surface area contributed by atoms with Gasteiger partial charge in [0.05, 0.1) is 18.8 Å². The highest BCUT2D eigenvalue weighted by atomic mass is 35.5. The van der Waals surface area contributed by atoms with Crippen molar-refractivity contribution in [3.8, 4) is 5.75 Å². The third-order valence-corrected chi connectivity index (χ3v) is 3.73. The van der Waals surface area contributed by atoms with Gasteiger partial charge in [0.2, 0.25) is 0 Å². The maximum atomic E-state index is 5.94. The predicted octanol–water partition coefficient (Wildman–Crippen LogP) is 3.19. The molecule has 2 aromatic rings. The van der Waals surface area contributed by atoms with E-state index < -0.39 is 0 Å². The average molecular weight is 279 g/mol. The Morgan fingerprint density at radius 2 is 2.05 bits per heavy atom. The lowest BCUT2D eigenvalue weighted by Crippen LogP contribution is -2.14. The summed E-state index contributed by atoms with van der Waals surface area (Å²) < 4.78 is 10.8. The van der Waals surface area contributed by atoms with Gasteiger partial charge in [0.1, 0.15) is 16.4 Å². The average Bonchev–Trinajstić information content (AvgIpc) is 2.47. The van der Waals surface area contributed by atoms with E-state index in [0.717, 1.165) is 37.1 Å². The highest BCUT2D eigenvalue weighted by Crippen LogP contribution is 2.34. The van der Waals surface area contributed by atoms with Gasteiger partial charge in [0.15, 0.2) is 0 Å². The van der Waals surface area contributed by atoms with Gasteiger partial charge in [-0.1, -0.05) is 17.7 Å². The summed E-state index contributed by atoms with van der Waals surface area (Å²) in [5.41, 5.74) is 2.83. The van der Waals surface area contributed by atoms with Crippen LogP contribution in [-0.2, 0) is 4.74 Å². The number of methoxy groups -OCH3 is 1. The molecule has 0 N–H and O–H groups in total. The number of rotatable bonds is 2. The number of nitrogens with zero attached hydrogens (tertiary/aromatic N) is 2. The van der Waals surface area contributed by atoms with Crippen LogP contribution in [0.25, 0.3) is 11.0 Å². The van der Waals surface area contributed by atoms with Gasteiger partial charge in [-0.2, -0.15) is 0 Å². The molecule has 1 aromatic heterocycles. The number of aromatic nitrogens is 2. The zero-order valence-corrected chi connectivity index (χ0v) is 11.5. The Bertz CT molecular complexity index is 597. The molecule has 1 aliphatic heterocycles. The Morgan fingerprint density at radius 1 is 1.26 bits per heavy atom. The zero-order chi connectivity index (χ0) is 13.2. The molecule has 0 spiro atoms. The minimum atomic E-state index is 0.384. The lowest BCUT2D eigenvalue weighted by Gasteiger charge is -2.23. The van der Waals surface area contributed by atoms with Crippen LogP contribution >= 0.6 is 11.6 Å². The van der Waals surface area contributed by atoms with E-state index in [2.05, 4.69) is 16.0 Å². The normalized spacial score (nSPS) is 16.7. The number of hydrogen-bond donors (Lipinski definition) is 0. The monoisotopic (exact) mass is 278 g/mol. The van der Waals surface area contributed by atoms with E-state index in [4.69, 9.17) is 21.1 Å². The van der Waals surface area contributed by atoms with E-state index >= 15 is 0 Å². The van der Waals surface area contributed by atoms with E-state index in [1.54, 1.807) is 13.3 Å². The highest BCUT2D eigenvalue weighted by Gasteiger charge is 2.20. The van der Waals surface area contributed by atoms with Crippen molar-refractivity contribution in [3.05, 3.63) is 29.0 Å². The fourth-order valence-corrected chi connectivity index (χ4v) is 2.71. The Kier molecular flexibility index (Phi) is 3.53. The first kappa shape index (κ1) is 12.6. The molecule has 19 heavy (non-hydrogen) atoms. The minimum absolute atomic E-state index is 0.384. The van der Waals surface area contributed by atoms with Crippen LogP contribution in [0.2, 0.25) is 5.15 Å². The number of fused-ring (bicyclic) bond motifs is 1. The molecule has 3 rings (SSSR count). The molecule has 1 fully saturated rings. The maximum absolute atomic E-state index is 5.94. The van der Waals surface area contributed by atoms with Crippen molar-refractivity contribution < 1.29 is 9.47 Å². The van der Waals surface area contributed by atoms with Crippen LogP contribution < -0.4 is 4.74 Å². The lowest BCUT2D eigenvalue weighted by molar-refractivity contribution is 0.0855. The predicted molar refractivity (Wildman–Crippen MR) is 73.9 cm³/mol. The third-order valence-electron chi connectivity index (χ3n) is 3.55. The summed E-state index contributed by atoms with van der Waals surface area (Å²) in [6, 6.07) is 4.03. The molecule has 0 saturated carbocycles. The first-order chi connectivity index (χ1) is 9.29. The quantitative estimate of drug-likeness (QED) is 0.846. The van der Waals surface area contributed by atoms with Gasteiger partial charge in [0.25, 0.3) is 0 Å². The van der Waals surface area contributed by atoms with E-state index in [-0.39, 0.29) is 0 Å². The van der Waals surface area contributed by atoms with Gasteiger partial charge in [-0.05, 0) is 30.4 Å². The Morgan fingerprint density at radius 3 is 2.79 bits per heavy atom. The molecular formula is C14H15ClN2O2. The number of ether oxygens (including phenoxy) is 2. The molecule has 0 aliphatic carbocycles. The second-order valence-electron chi connectivity index (χ2n) is 4.63. The topological polar surface area (TPSA) is 44.2 Å². The van der Waals surface area contributed by atoms with Crippen LogP contribution in [-0.4, -0.2) is 30.3 Å². The van der Waals surface area contributed by atoms with Crippen molar-refractivity contribution in [3.63, 3.8) is 0 Å². The summed E-state index contributed by atoms with van der Waals surface area (Å²) in [7, 11) is 1.63. The summed E-state index contributed by atoms with van der Waals surface area (Å²) in [6.45, 7) is 1.61. The van der Waals surface area contributed by atoms with Crippen LogP contribution in [0.4, 0.5) is 0 Å². The molecule has 0 radical (unpaired) electrons. The summed E-state index contributed by atoms with van der Waals surface area (Å²) in [5, 5.41) is 0.384. The van der Waals surface area contributed by atoms with Crippen LogP contribution in [0.5, 0.6) is 5.75 Å². The summed E-state index contributed by atoms with van der Waals surface area (Å²) >= 11 is 5.94. The molecule has 2 heterocycles. The van der Waals surface area contributed by atoms with Gasteiger partial charge in [0, 0.05) is 13.2 Å². The lowest BCUT2D eigenvalue weighted by atomic mass is 9.90.